The normalized spacial score (nSPS) is 10.8. The van der Waals surface area contributed by atoms with Crippen LogP contribution in [0.15, 0.2) is 29.8 Å². The van der Waals surface area contributed by atoms with E-state index in [4.69, 9.17) is 5.11 Å². The fraction of sp³-hybridized carbons (Fsp3) is 0.333. The van der Waals surface area contributed by atoms with Crippen LogP contribution in [0, 0.1) is 0 Å². The van der Waals surface area contributed by atoms with Crippen molar-refractivity contribution in [3.63, 3.8) is 0 Å². The Hall–Kier alpha value is -1.72. The van der Waals surface area contributed by atoms with Crippen LogP contribution in [-0.2, 0) is 6.42 Å². The van der Waals surface area contributed by atoms with Gasteiger partial charge in [0.15, 0.2) is 0 Å². The Kier molecular flexibility index (Phi) is 4.87. The van der Waals surface area contributed by atoms with Crippen molar-refractivity contribution in [2.75, 3.05) is 11.9 Å². The van der Waals surface area contributed by atoms with Crippen LogP contribution >= 0.6 is 11.3 Å². The molecule has 0 radical (unpaired) electrons. The Balaban J connectivity index is 2.09. The quantitative estimate of drug-likeness (QED) is 0.889. The molecule has 0 fully saturated rings. The van der Waals surface area contributed by atoms with E-state index in [0.717, 1.165) is 16.1 Å². The van der Waals surface area contributed by atoms with Crippen LogP contribution in [-0.4, -0.2) is 22.6 Å². The number of nitrogens with one attached hydrogen (secondary N) is 1. The van der Waals surface area contributed by atoms with E-state index in [9.17, 15) is 4.79 Å². The molecule has 106 valence electrons. The molecule has 0 aliphatic carbocycles. The molecule has 0 aliphatic heterocycles. The largest absolute Gasteiger partial charge is 0.396 e. The number of rotatable bonds is 5. The van der Waals surface area contributed by atoms with Crippen molar-refractivity contribution in [3.05, 3.63) is 45.9 Å². The zero-order valence-electron chi connectivity index (χ0n) is 11.6. The summed E-state index contributed by atoms with van der Waals surface area (Å²) in [6, 6.07) is 7.47. The fourth-order valence-electron chi connectivity index (χ4n) is 1.91. The maximum absolute atomic E-state index is 12.2. The number of thiazole rings is 1. The molecule has 0 unspecified atom stereocenters. The van der Waals surface area contributed by atoms with Crippen molar-refractivity contribution >= 4 is 22.9 Å². The van der Waals surface area contributed by atoms with Gasteiger partial charge in [-0.25, -0.2) is 4.98 Å². The van der Waals surface area contributed by atoms with Crippen molar-refractivity contribution in [2.24, 2.45) is 0 Å². The molecule has 2 N–H and O–H groups in total. The van der Waals surface area contributed by atoms with Gasteiger partial charge < -0.3 is 10.4 Å². The summed E-state index contributed by atoms with van der Waals surface area (Å²) in [5.41, 5.74) is 3.99. The first-order valence-electron chi connectivity index (χ1n) is 6.56. The number of anilines is 1. The predicted molar refractivity (Wildman–Crippen MR) is 81.4 cm³/mol. The van der Waals surface area contributed by atoms with Crippen molar-refractivity contribution < 1.29 is 9.90 Å². The van der Waals surface area contributed by atoms with Gasteiger partial charge in [-0.15, -0.1) is 11.3 Å². The number of aromatic nitrogens is 1. The lowest BCUT2D eigenvalue weighted by Crippen LogP contribution is -2.14. The second kappa shape index (κ2) is 6.63. The average Bonchev–Trinajstić information content (AvgIpc) is 2.91. The van der Waals surface area contributed by atoms with Gasteiger partial charge in [-0.3, -0.25) is 4.79 Å². The van der Waals surface area contributed by atoms with E-state index in [1.807, 2.05) is 38.1 Å². The number of hydrogen-bond acceptors (Lipinski definition) is 4. The summed E-state index contributed by atoms with van der Waals surface area (Å²) in [6.07, 6.45) is 0.623. The summed E-state index contributed by atoms with van der Waals surface area (Å²) >= 11 is 1.51. The monoisotopic (exact) mass is 290 g/mol. The molecular weight excluding hydrogens is 272 g/mol. The molecule has 2 rings (SSSR count). The number of aliphatic hydroxyl groups is 1. The zero-order valence-corrected chi connectivity index (χ0v) is 12.4. The highest BCUT2D eigenvalue weighted by Gasteiger charge is 2.17. The van der Waals surface area contributed by atoms with Crippen LogP contribution in [0.4, 0.5) is 5.69 Å². The van der Waals surface area contributed by atoms with Crippen LogP contribution in [0.25, 0.3) is 0 Å². The van der Waals surface area contributed by atoms with E-state index in [1.54, 1.807) is 5.51 Å². The molecule has 4 nitrogen and oxygen atoms in total. The first kappa shape index (κ1) is 14.7. The number of benzene rings is 1. The minimum absolute atomic E-state index is 0.127. The van der Waals surface area contributed by atoms with Gasteiger partial charge in [0, 0.05) is 17.2 Å². The van der Waals surface area contributed by atoms with Crippen molar-refractivity contribution in [1.82, 2.24) is 4.98 Å². The average molecular weight is 290 g/mol. The minimum atomic E-state index is -0.176. The van der Waals surface area contributed by atoms with Crippen LogP contribution in [0.5, 0.6) is 0 Å². The van der Waals surface area contributed by atoms with E-state index in [-0.39, 0.29) is 18.4 Å². The number of aliphatic hydroxyl groups excluding tert-OH is 1. The fourth-order valence-corrected chi connectivity index (χ4v) is 2.71. The molecule has 1 aromatic carbocycles. The lowest BCUT2D eigenvalue weighted by molar-refractivity contribution is 0.102. The van der Waals surface area contributed by atoms with E-state index >= 15 is 0 Å². The Morgan fingerprint density at radius 3 is 2.65 bits per heavy atom. The van der Waals surface area contributed by atoms with Gasteiger partial charge >= 0.3 is 0 Å². The second-order valence-corrected chi connectivity index (χ2v) is 5.73. The third-order valence-electron chi connectivity index (χ3n) is 2.95. The number of amides is 1. The van der Waals surface area contributed by atoms with E-state index in [1.165, 1.54) is 11.3 Å². The summed E-state index contributed by atoms with van der Waals surface area (Å²) < 4.78 is 0. The van der Waals surface area contributed by atoms with Gasteiger partial charge in [0.25, 0.3) is 5.91 Å². The van der Waals surface area contributed by atoms with Crippen LogP contribution < -0.4 is 5.32 Å². The highest BCUT2D eigenvalue weighted by atomic mass is 32.1. The summed E-state index contributed by atoms with van der Waals surface area (Å²) in [5, 5.41) is 11.7. The van der Waals surface area contributed by atoms with Crippen LogP contribution in [0.1, 0.15) is 40.7 Å². The molecule has 0 bridgehead atoms. The molecule has 5 heteroatoms. The van der Waals surface area contributed by atoms with Crippen molar-refractivity contribution in [1.29, 1.82) is 0 Å². The Morgan fingerprint density at radius 2 is 2.05 bits per heavy atom. The topological polar surface area (TPSA) is 62.2 Å². The van der Waals surface area contributed by atoms with Crippen LogP contribution in [0.2, 0.25) is 0 Å². The standard InChI is InChI=1S/C15H18N2O2S/c1-10(2)14-13(16-9-20-14)15(19)17-12-5-3-11(4-6-12)7-8-18/h3-6,9-10,18H,7-8H2,1-2H3,(H,17,19). The maximum Gasteiger partial charge on any atom is 0.275 e. The Bertz CT molecular complexity index is 576. The molecular formula is C15H18N2O2S. The van der Waals surface area contributed by atoms with Gasteiger partial charge in [0.1, 0.15) is 5.69 Å². The lowest BCUT2D eigenvalue weighted by Gasteiger charge is -2.07. The molecule has 0 spiro atoms. The van der Waals surface area contributed by atoms with Gasteiger partial charge in [-0.05, 0) is 30.0 Å². The summed E-state index contributed by atoms with van der Waals surface area (Å²) in [6.45, 7) is 4.23. The number of nitrogens with zero attached hydrogens (tertiary/aromatic N) is 1. The van der Waals surface area contributed by atoms with Crippen LogP contribution in [0.3, 0.4) is 0 Å². The molecule has 20 heavy (non-hydrogen) atoms. The Morgan fingerprint density at radius 1 is 1.35 bits per heavy atom. The number of hydrogen-bond donors (Lipinski definition) is 2. The van der Waals surface area contributed by atoms with Gasteiger partial charge in [0.05, 0.1) is 5.51 Å². The summed E-state index contributed by atoms with van der Waals surface area (Å²) in [5.74, 6) is 0.111. The third-order valence-corrected chi connectivity index (χ3v) is 4.08. The van der Waals surface area contributed by atoms with Crippen molar-refractivity contribution in [3.8, 4) is 0 Å². The molecule has 1 amide bonds. The highest BCUT2D eigenvalue weighted by molar-refractivity contribution is 7.10. The van der Waals surface area contributed by atoms with Gasteiger partial charge in [-0.2, -0.15) is 0 Å². The van der Waals surface area contributed by atoms with Crippen molar-refractivity contribution in [2.45, 2.75) is 26.2 Å². The van der Waals surface area contributed by atoms with Gasteiger partial charge in [0.2, 0.25) is 0 Å². The summed E-state index contributed by atoms with van der Waals surface area (Å²) in [4.78, 5) is 17.4. The molecule has 2 aromatic rings. The van der Waals surface area contributed by atoms with E-state index in [2.05, 4.69) is 10.3 Å². The summed E-state index contributed by atoms with van der Waals surface area (Å²) in [7, 11) is 0. The highest BCUT2D eigenvalue weighted by Crippen LogP contribution is 2.24. The molecule has 0 saturated carbocycles. The smallest absolute Gasteiger partial charge is 0.275 e. The zero-order chi connectivity index (χ0) is 14.5. The Labute approximate surface area is 122 Å². The van der Waals surface area contributed by atoms with Gasteiger partial charge in [-0.1, -0.05) is 26.0 Å². The third kappa shape index (κ3) is 3.43. The molecule has 0 aliphatic rings. The molecule has 0 saturated heterocycles. The SMILES string of the molecule is CC(C)c1scnc1C(=O)Nc1ccc(CCO)cc1. The van der Waals surface area contributed by atoms with E-state index < -0.39 is 0 Å². The van der Waals surface area contributed by atoms with E-state index in [0.29, 0.717) is 12.1 Å². The number of carbonyl (C=O) groups excluding carboxylic acids is 1. The lowest BCUT2D eigenvalue weighted by atomic mass is 10.1. The first-order valence-corrected chi connectivity index (χ1v) is 7.44. The maximum atomic E-state index is 12.2. The minimum Gasteiger partial charge on any atom is -0.396 e. The second-order valence-electron chi connectivity index (χ2n) is 4.84. The predicted octanol–water partition coefficient (Wildman–Crippen LogP) is 3.05. The first-order chi connectivity index (χ1) is 9.61. The molecule has 0 atom stereocenters. The molecule has 1 aromatic heterocycles. The number of carbonyl (C=O) groups is 1. The molecule has 1 heterocycles.